The molecule has 3 aromatic heterocycles. The minimum Gasteiger partial charge on any atom is -0.255 e. The normalized spacial score (nSPS) is 11.2. The van der Waals surface area contributed by atoms with Gasteiger partial charge in [-0.3, -0.25) is 4.98 Å². The van der Waals surface area contributed by atoms with Crippen LogP contribution in [0.25, 0.3) is 101 Å². The van der Waals surface area contributed by atoms with Crippen molar-refractivity contribution in [3.8, 4) is 78.9 Å². The van der Waals surface area contributed by atoms with E-state index in [1.165, 1.54) is 10.9 Å². The Morgan fingerprint density at radius 2 is 0.714 bits per heavy atom. The zero-order chi connectivity index (χ0) is 37.3. The van der Waals surface area contributed by atoms with Crippen molar-refractivity contribution in [2.75, 3.05) is 0 Å². The van der Waals surface area contributed by atoms with Crippen LogP contribution in [-0.2, 0) is 0 Å². The van der Waals surface area contributed by atoms with E-state index >= 15 is 0 Å². The van der Waals surface area contributed by atoms with E-state index in [0.29, 0.717) is 17.5 Å². The van der Waals surface area contributed by atoms with E-state index in [1.54, 1.807) is 0 Å². The van der Waals surface area contributed by atoms with Gasteiger partial charge in [0.25, 0.3) is 0 Å². The van der Waals surface area contributed by atoms with Crippen LogP contribution in [0.2, 0.25) is 0 Å². The second-order valence-corrected chi connectivity index (χ2v) is 13.7. The van der Waals surface area contributed by atoms with Crippen molar-refractivity contribution in [3.63, 3.8) is 0 Å². The third-order valence-electron chi connectivity index (χ3n) is 10.2. The van der Waals surface area contributed by atoms with Crippen molar-refractivity contribution < 1.29 is 0 Å². The molecule has 0 saturated carbocycles. The molecule has 0 atom stereocenters. The number of rotatable bonds is 7. The van der Waals surface area contributed by atoms with Crippen LogP contribution in [0.1, 0.15) is 0 Å². The molecule has 0 spiro atoms. The zero-order valence-corrected chi connectivity index (χ0v) is 30.3. The summed E-state index contributed by atoms with van der Waals surface area (Å²) in [5.41, 5.74) is 12.2. The third-order valence-corrected chi connectivity index (χ3v) is 10.2. The van der Waals surface area contributed by atoms with Gasteiger partial charge < -0.3 is 0 Å². The Labute approximate surface area is 324 Å². The maximum atomic E-state index is 5.08. The summed E-state index contributed by atoms with van der Waals surface area (Å²) in [6.07, 6.45) is 1.87. The number of para-hydroxylation sites is 1. The van der Waals surface area contributed by atoms with E-state index in [0.717, 1.165) is 72.2 Å². The van der Waals surface area contributed by atoms with Crippen LogP contribution in [0.5, 0.6) is 0 Å². The first-order valence-electron chi connectivity index (χ1n) is 18.7. The van der Waals surface area contributed by atoms with E-state index in [4.69, 9.17) is 24.9 Å². The largest absolute Gasteiger partial charge is 0.255 e. The van der Waals surface area contributed by atoms with Crippen molar-refractivity contribution >= 4 is 21.7 Å². The average molecular weight is 716 g/mol. The number of hydrogen-bond donors (Lipinski definition) is 0. The first kappa shape index (κ1) is 33.0. The zero-order valence-electron chi connectivity index (χ0n) is 30.3. The average Bonchev–Trinajstić information content (AvgIpc) is 3.29. The van der Waals surface area contributed by atoms with E-state index in [2.05, 4.69) is 152 Å². The van der Waals surface area contributed by atoms with Gasteiger partial charge in [0.15, 0.2) is 17.5 Å². The highest BCUT2D eigenvalue weighted by atomic mass is 15.0. The SMILES string of the molecule is c1ccc(-c2ccc(-c3nc(-c4ccccc4)nc(-c4cccc(-c5ccc(-c6ccnc(-c7nc8ccccc8c8ccccc78)c6)cc5)c4)n3)cc2)cc1. The fourth-order valence-corrected chi connectivity index (χ4v) is 7.32. The predicted molar refractivity (Wildman–Crippen MR) is 228 cm³/mol. The minimum atomic E-state index is 0.624. The number of benzene rings is 7. The molecular weight excluding hydrogens is 683 g/mol. The monoisotopic (exact) mass is 715 g/mol. The second-order valence-electron chi connectivity index (χ2n) is 13.7. The predicted octanol–water partition coefficient (Wildman–Crippen LogP) is 12.6. The molecule has 7 aromatic carbocycles. The number of nitrogens with zero attached hydrogens (tertiary/aromatic N) is 5. The van der Waals surface area contributed by atoms with Crippen LogP contribution in [-0.4, -0.2) is 24.9 Å². The Kier molecular flexibility index (Phi) is 8.43. The molecule has 0 N–H and O–H groups in total. The first-order valence-corrected chi connectivity index (χ1v) is 18.7. The maximum absolute atomic E-state index is 5.08. The molecule has 0 amide bonds. The lowest BCUT2D eigenvalue weighted by Gasteiger charge is -2.11. The summed E-state index contributed by atoms with van der Waals surface area (Å²) in [6.45, 7) is 0. The van der Waals surface area contributed by atoms with Gasteiger partial charge in [-0.15, -0.1) is 0 Å². The minimum absolute atomic E-state index is 0.624. The van der Waals surface area contributed by atoms with E-state index in [9.17, 15) is 0 Å². The van der Waals surface area contributed by atoms with Crippen LogP contribution < -0.4 is 0 Å². The van der Waals surface area contributed by atoms with Crippen LogP contribution in [0.3, 0.4) is 0 Å². The number of pyridine rings is 2. The van der Waals surface area contributed by atoms with Gasteiger partial charge in [0.2, 0.25) is 0 Å². The van der Waals surface area contributed by atoms with Crippen molar-refractivity contribution in [1.29, 1.82) is 0 Å². The summed E-state index contributed by atoms with van der Waals surface area (Å²) in [6, 6.07) is 66.9. The highest BCUT2D eigenvalue weighted by molar-refractivity contribution is 6.10. The molecule has 10 aromatic rings. The lowest BCUT2D eigenvalue weighted by Crippen LogP contribution is -2.00. The molecule has 5 heteroatoms. The van der Waals surface area contributed by atoms with E-state index < -0.39 is 0 Å². The van der Waals surface area contributed by atoms with Gasteiger partial charge in [0, 0.05) is 33.7 Å². The number of aromatic nitrogens is 5. The Balaban J connectivity index is 0.977. The molecule has 0 aliphatic heterocycles. The molecule has 56 heavy (non-hydrogen) atoms. The van der Waals surface area contributed by atoms with Gasteiger partial charge in [-0.05, 0) is 63.0 Å². The summed E-state index contributed by atoms with van der Waals surface area (Å²) < 4.78 is 0. The molecule has 5 nitrogen and oxygen atoms in total. The van der Waals surface area contributed by atoms with Gasteiger partial charge in [0.1, 0.15) is 0 Å². The fraction of sp³-hybridized carbons (Fsp3) is 0. The molecule has 0 fully saturated rings. The summed E-state index contributed by atoms with van der Waals surface area (Å²) in [5, 5.41) is 3.41. The summed E-state index contributed by atoms with van der Waals surface area (Å²) in [5.74, 6) is 1.89. The topological polar surface area (TPSA) is 64.5 Å². The Morgan fingerprint density at radius 3 is 1.39 bits per heavy atom. The number of hydrogen-bond acceptors (Lipinski definition) is 5. The van der Waals surface area contributed by atoms with Crippen molar-refractivity contribution in [1.82, 2.24) is 24.9 Å². The molecule has 262 valence electrons. The fourth-order valence-electron chi connectivity index (χ4n) is 7.32. The van der Waals surface area contributed by atoms with Gasteiger partial charge in [-0.25, -0.2) is 19.9 Å². The first-order chi connectivity index (χ1) is 27.7. The summed E-state index contributed by atoms with van der Waals surface area (Å²) in [4.78, 5) is 24.8. The Morgan fingerprint density at radius 1 is 0.268 bits per heavy atom. The highest BCUT2D eigenvalue weighted by Gasteiger charge is 2.15. The molecule has 0 unspecified atom stereocenters. The van der Waals surface area contributed by atoms with Crippen LogP contribution in [0.15, 0.2) is 200 Å². The summed E-state index contributed by atoms with van der Waals surface area (Å²) in [7, 11) is 0. The molecule has 10 rings (SSSR count). The van der Waals surface area contributed by atoms with Gasteiger partial charge >= 0.3 is 0 Å². The standard InChI is InChI=1S/C51H33N5/c1-3-12-34(13-4-1)35-26-28-39(29-27-35)50-54-49(38-14-5-2-6-15-38)55-51(56-50)42-17-11-16-40(32-42)36-22-24-37(25-23-36)41-30-31-52-47(33-41)48-45-20-8-7-18-43(45)44-19-9-10-21-46(44)53-48/h1-33H. The van der Waals surface area contributed by atoms with Crippen LogP contribution in [0.4, 0.5) is 0 Å². The molecule has 0 saturated heterocycles. The van der Waals surface area contributed by atoms with Crippen molar-refractivity contribution in [2.24, 2.45) is 0 Å². The van der Waals surface area contributed by atoms with E-state index in [1.807, 2.05) is 48.7 Å². The Hall–Kier alpha value is -7.63. The highest BCUT2D eigenvalue weighted by Crippen LogP contribution is 2.34. The lowest BCUT2D eigenvalue weighted by molar-refractivity contribution is 1.07. The molecule has 0 bridgehead atoms. The smallest absolute Gasteiger partial charge is 0.164 e. The summed E-state index contributed by atoms with van der Waals surface area (Å²) >= 11 is 0. The second kappa shape index (κ2) is 14.3. The quantitative estimate of drug-likeness (QED) is 0.154. The Bertz CT molecular complexity index is 3000. The van der Waals surface area contributed by atoms with Crippen LogP contribution >= 0.6 is 0 Å². The maximum Gasteiger partial charge on any atom is 0.164 e. The van der Waals surface area contributed by atoms with Gasteiger partial charge in [-0.2, -0.15) is 0 Å². The molecular formula is C51H33N5. The molecule has 3 heterocycles. The van der Waals surface area contributed by atoms with Crippen molar-refractivity contribution in [3.05, 3.63) is 200 Å². The third kappa shape index (κ3) is 6.37. The molecule has 0 radical (unpaired) electrons. The molecule has 0 aliphatic carbocycles. The van der Waals surface area contributed by atoms with E-state index in [-0.39, 0.29) is 0 Å². The van der Waals surface area contributed by atoms with Crippen LogP contribution in [0, 0.1) is 0 Å². The van der Waals surface area contributed by atoms with Crippen molar-refractivity contribution in [2.45, 2.75) is 0 Å². The number of fused-ring (bicyclic) bond motifs is 3. The van der Waals surface area contributed by atoms with Gasteiger partial charge in [-0.1, -0.05) is 170 Å². The van der Waals surface area contributed by atoms with Gasteiger partial charge in [0.05, 0.1) is 16.9 Å². The molecule has 0 aliphatic rings. The lowest BCUT2D eigenvalue weighted by atomic mass is 9.98.